The van der Waals surface area contributed by atoms with Crippen LogP contribution in [0.15, 0.2) is 24.3 Å². The Hall–Kier alpha value is -1.84. The number of carbonyl (C=O) groups is 2. The average Bonchev–Trinajstić information content (AvgIpc) is 2.37. The van der Waals surface area contributed by atoms with Crippen molar-refractivity contribution in [3.8, 4) is 0 Å². The van der Waals surface area contributed by atoms with E-state index in [4.69, 9.17) is 5.11 Å². The second-order valence-electron chi connectivity index (χ2n) is 5.65. The van der Waals surface area contributed by atoms with Crippen molar-refractivity contribution >= 4 is 11.9 Å². The molecule has 0 saturated carbocycles. The third kappa shape index (κ3) is 4.08. The van der Waals surface area contributed by atoms with Crippen molar-refractivity contribution < 1.29 is 14.7 Å². The van der Waals surface area contributed by atoms with Gasteiger partial charge in [-0.05, 0) is 37.0 Å². The Balaban J connectivity index is 2.87. The number of carbonyl (C=O) groups excluding carboxylic acids is 1. The van der Waals surface area contributed by atoms with E-state index < -0.39 is 11.5 Å². The summed E-state index contributed by atoms with van der Waals surface area (Å²) in [6, 6.07) is 7.38. The van der Waals surface area contributed by atoms with Crippen molar-refractivity contribution in [2.24, 2.45) is 5.92 Å². The van der Waals surface area contributed by atoms with E-state index in [0.29, 0.717) is 5.56 Å². The van der Waals surface area contributed by atoms with Gasteiger partial charge < -0.3 is 10.4 Å². The molecular formula is C16H23NO3. The van der Waals surface area contributed by atoms with Gasteiger partial charge in [-0.25, -0.2) is 0 Å². The summed E-state index contributed by atoms with van der Waals surface area (Å²) in [6.45, 7) is 7.63. The number of hydrogen-bond acceptors (Lipinski definition) is 2. The largest absolute Gasteiger partial charge is 0.481 e. The number of hydrogen-bond donors (Lipinski definition) is 2. The molecule has 0 aromatic heterocycles. The Bertz CT molecular complexity index is 479. The zero-order valence-electron chi connectivity index (χ0n) is 12.6. The fraction of sp³-hybridized carbons (Fsp3) is 0.500. The zero-order valence-corrected chi connectivity index (χ0v) is 12.6. The summed E-state index contributed by atoms with van der Waals surface area (Å²) in [5.41, 5.74) is 0.963. The van der Waals surface area contributed by atoms with Gasteiger partial charge >= 0.3 is 5.97 Å². The highest BCUT2D eigenvalue weighted by Crippen LogP contribution is 2.21. The highest BCUT2D eigenvalue weighted by molar-refractivity contribution is 5.95. The molecule has 2 N–H and O–H groups in total. The summed E-state index contributed by atoms with van der Waals surface area (Å²) < 4.78 is 0. The highest BCUT2D eigenvalue weighted by Gasteiger charge is 2.33. The molecule has 1 amide bonds. The fourth-order valence-electron chi connectivity index (χ4n) is 1.93. The van der Waals surface area contributed by atoms with Crippen LogP contribution in [-0.4, -0.2) is 22.5 Å². The summed E-state index contributed by atoms with van der Waals surface area (Å²) in [5, 5.41) is 11.9. The van der Waals surface area contributed by atoms with Crippen molar-refractivity contribution in [1.82, 2.24) is 5.32 Å². The Morgan fingerprint density at radius 2 is 1.80 bits per heavy atom. The molecule has 1 aromatic carbocycles. The van der Waals surface area contributed by atoms with E-state index in [0.717, 1.165) is 6.42 Å². The Kier molecular flexibility index (Phi) is 5.31. The summed E-state index contributed by atoms with van der Waals surface area (Å²) in [5.74, 6) is -1.12. The molecule has 1 aromatic rings. The minimum atomic E-state index is -0.914. The van der Waals surface area contributed by atoms with E-state index >= 15 is 0 Å². The van der Waals surface area contributed by atoms with Gasteiger partial charge in [0.1, 0.15) is 0 Å². The summed E-state index contributed by atoms with van der Waals surface area (Å²) in [7, 11) is 0. The molecule has 110 valence electrons. The van der Waals surface area contributed by atoms with E-state index in [1.54, 1.807) is 19.1 Å². The number of nitrogens with one attached hydrogen (secondary N) is 1. The number of aryl methyl sites for hydroxylation is 1. The summed E-state index contributed by atoms with van der Waals surface area (Å²) >= 11 is 0. The quantitative estimate of drug-likeness (QED) is 0.840. The number of carboxylic acid groups (broad SMARTS) is 1. The van der Waals surface area contributed by atoms with Gasteiger partial charge in [0.2, 0.25) is 0 Å². The summed E-state index contributed by atoms with van der Waals surface area (Å²) in [6.07, 6.45) is 0.827. The van der Waals surface area contributed by atoms with Crippen molar-refractivity contribution in [3.05, 3.63) is 35.4 Å². The van der Waals surface area contributed by atoms with Crippen molar-refractivity contribution in [3.63, 3.8) is 0 Å². The molecule has 0 aliphatic carbocycles. The lowest BCUT2D eigenvalue weighted by molar-refractivity contribution is -0.138. The number of aliphatic carboxylic acids is 1. The first-order chi connectivity index (χ1) is 9.28. The number of rotatable bonds is 6. The third-order valence-electron chi connectivity index (χ3n) is 3.82. The smallest absolute Gasteiger partial charge is 0.305 e. The lowest BCUT2D eigenvalue weighted by atomic mass is 9.85. The van der Waals surface area contributed by atoms with Crippen LogP contribution in [0.1, 0.15) is 50.0 Å². The van der Waals surface area contributed by atoms with Gasteiger partial charge in [-0.3, -0.25) is 9.59 Å². The first-order valence-corrected chi connectivity index (χ1v) is 6.91. The third-order valence-corrected chi connectivity index (χ3v) is 3.82. The Morgan fingerprint density at radius 1 is 1.25 bits per heavy atom. The number of amides is 1. The fourth-order valence-corrected chi connectivity index (χ4v) is 1.93. The predicted molar refractivity (Wildman–Crippen MR) is 78.8 cm³/mol. The standard InChI is InChI=1S/C16H23NO3/c1-5-12-6-8-13(9-7-12)15(20)17-16(4,11(2)3)10-14(18)19/h6-9,11H,5,10H2,1-4H3,(H,17,20)(H,18,19). The second-order valence-corrected chi connectivity index (χ2v) is 5.65. The van der Waals surface area contributed by atoms with Gasteiger partial charge in [-0.2, -0.15) is 0 Å². The minimum absolute atomic E-state index is 0.0254. The van der Waals surface area contributed by atoms with Crippen LogP contribution in [0.25, 0.3) is 0 Å². The normalized spacial score (nSPS) is 13.8. The molecule has 1 atom stereocenters. The van der Waals surface area contributed by atoms with Crippen LogP contribution >= 0.6 is 0 Å². The maximum atomic E-state index is 12.2. The maximum absolute atomic E-state index is 12.2. The molecule has 0 heterocycles. The van der Waals surface area contributed by atoms with Gasteiger partial charge in [-0.1, -0.05) is 32.9 Å². The van der Waals surface area contributed by atoms with Gasteiger partial charge in [0, 0.05) is 5.56 Å². The maximum Gasteiger partial charge on any atom is 0.305 e. The van der Waals surface area contributed by atoms with E-state index in [9.17, 15) is 9.59 Å². The van der Waals surface area contributed by atoms with Gasteiger partial charge in [0.25, 0.3) is 5.91 Å². The first kappa shape index (κ1) is 16.2. The lowest BCUT2D eigenvalue weighted by Crippen LogP contribution is -2.51. The van der Waals surface area contributed by atoms with E-state index in [1.165, 1.54) is 5.56 Å². The molecule has 4 heteroatoms. The van der Waals surface area contributed by atoms with Crippen LogP contribution in [0.4, 0.5) is 0 Å². The first-order valence-electron chi connectivity index (χ1n) is 6.91. The molecule has 0 saturated heterocycles. The topological polar surface area (TPSA) is 66.4 Å². The molecular weight excluding hydrogens is 254 g/mol. The predicted octanol–water partition coefficient (Wildman–Crippen LogP) is 2.87. The molecule has 20 heavy (non-hydrogen) atoms. The SMILES string of the molecule is CCc1ccc(C(=O)NC(C)(CC(=O)O)C(C)C)cc1. The average molecular weight is 277 g/mol. The minimum Gasteiger partial charge on any atom is -0.481 e. The van der Waals surface area contributed by atoms with Gasteiger partial charge in [0.05, 0.1) is 12.0 Å². The van der Waals surface area contributed by atoms with Crippen LogP contribution in [0.3, 0.4) is 0 Å². The molecule has 1 rings (SSSR count). The van der Waals surface area contributed by atoms with Crippen LogP contribution in [0, 0.1) is 5.92 Å². The zero-order chi connectivity index (χ0) is 15.3. The Morgan fingerprint density at radius 3 is 2.20 bits per heavy atom. The molecule has 0 spiro atoms. The van der Waals surface area contributed by atoms with Gasteiger partial charge in [0.15, 0.2) is 0 Å². The van der Waals surface area contributed by atoms with E-state index in [-0.39, 0.29) is 18.2 Å². The van der Waals surface area contributed by atoms with Crippen molar-refractivity contribution in [2.75, 3.05) is 0 Å². The highest BCUT2D eigenvalue weighted by atomic mass is 16.4. The molecule has 0 fully saturated rings. The molecule has 0 aliphatic rings. The van der Waals surface area contributed by atoms with Crippen LogP contribution in [-0.2, 0) is 11.2 Å². The monoisotopic (exact) mass is 277 g/mol. The molecule has 0 radical (unpaired) electrons. The number of carboxylic acids is 1. The molecule has 0 aliphatic heterocycles. The van der Waals surface area contributed by atoms with Crippen LogP contribution in [0.2, 0.25) is 0 Å². The lowest BCUT2D eigenvalue weighted by Gasteiger charge is -2.33. The molecule has 0 bridgehead atoms. The van der Waals surface area contributed by atoms with Crippen molar-refractivity contribution in [2.45, 2.75) is 46.1 Å². The van der Waals surface area contributed by atoms with Crippen molar-refractivity contribution in [1.29, 1.82) is 0 Å². The van der Waals surface area contributed by atoms with Crippen LogP contribution in [0.5, 0.6) is 0 Å². The van der Waals surface area contributed by atoms with Gasteiger partial charge in [-0.15, -0.1) is 0 Å². The number of benzene rings is 1. The molecule has 1 unspecified atom stereocenters. The second kappa shape index (κ2) is 6.55. The summed E-state index contributed by atoms with van der Waals surface area (Å²) in [4.78, 5) is 23.2. The van der Waals surface area contributed by atoms with Crippen LogP contribution < -0.4 is 5.32 Å². The van der Waals surface area contributed by atoms with E-state index in [1.807, 2.05) is 26.0 Å². The Labute approximate surface area is 120 Å². The van der Waals surface area contributed by atoms with E-state index in [2.05, 4.69) is 12.2 Å². The molecule has 4 nitrogen and oxygen atoms in total.